The molecule has 2 N–H and O–H groups in total. The molecule has 0 aliphatic rings. The van der Waals surface area contributed by atoms with Crippen LogP contribution in [0.3, 0.4) is 0 Å². The molecule has 0 unspecified atom stereocenters. The lowest BCUT2D eigenvalue weighted by atomic mass is 10.1. The zero-order valence-electron chi connectivity index (χ0n) is 17.9. The first-order valence-corrected chi connectivity index (χ1v) is 11.7. The molecular weight excluding hydrogens is 426 g/mol. The van der Waals surface area contributed by atoms with E-state index in [-0.39, 0.29) is 22.1 Å². The van der Waals surface area contributed by atoms with Crippen LogP contribution in [-0.2, 0) is 10.0 Å². The van der Waals surface area contributed by atoms with E-state index in [0.29, 0.717) is 24.3 Å². The number of hydrogen-bond acceptors (Lipinski definition) is 4. The highest BCUT2D eigenvalue weighted by Gasteiger charge is 2.16. The van der Waals surface area contributed by atoms with Crippen molar-refractivity contribution < 1.29 is 18.0 Å². The number of benzene rings is 3. The molecule has 0 heterocycles. The number of carbonyl (C=O) groups excluding carboxylic acids is 2. The smallest absolute Gasteiger partial charge is 0.261 e. The molecule has 0 spiro atoms. The van der Waals surface area contributed by atoms with Gasteiger partial charge in [0.05, 0.1) is 4.90 Å². The summed E-state index contributed by atoms with van der Waals surface area (Å²) in [4.78, 5) is 27.1. The van der Waals surface area contributed by atoms with Gasteiger partial charge in [-0.2, -0.15) is 0 Å². The third kappa shape index (κ3) is 5.53. The van der Waals surface area contributed by atoms with Crippen LogP contribution in [0.1, 0.15) is 34.6 Å². The average Bonchev–Trinajstić information content (AvgIpc) is 2.80. The molecule has 166 valence electrons. The molecule has 3 rings (SSSR count). The number of amides is 2. The Morgan fingerprint density at radius 2 is 1.38 bits per heavy atom. The van der Waals surface area contributed by atoms with Crippen molar-refractivity contribution in [2.24, 2.45) is 0 Å². The first-order valence-electron chi connectivity index (χ1n) is 10.2. The van der Waals surface area contributed by atoms with Crippen LogP contribution in [0.2, 0.25) is 0 Å². The van der Waals surface area contributed by atoms with Crippen molar-refractivity contribution in [3.63, 3.8) is 0 Å². The van der Waals surface area contributed by atoms with E-state index < -0.39 is 15.9 Å². The number of sulfonamides is 1. The van der Waals surface area contributed by atoms with E-state index in [2.05, 4.69) is 10.0 Å². The van der Waals surface area contributed by atoms with Gasteiger partial charge in [0.2, 0.25) is 0 Å². The van der Waals surface area contributed by atoms with Gasteiger partial charge in [0.25, 0.3) is 21.8 Å². The van der Waals surface area contributed by atoms with Crippen molar-refractivity contribution in [1.29, 1.82) is 0 Å². The third-order valence-electron chi connectivity index (χ3n) is 4.85. The van der Waals surface area contributed by atoms with Gasteiger partial charge in [-0.25, -0.2) is 8.42 Å². The number of nitrogens with zero attached hydrogens (tertiary/aromatic N) is 1. The van der Waals surface area contributed by atoms with Crippen LogP contribution in [0, 0.1) is 0 Å². The number of nitrogens with one attached hydrogen (secondary N) is 2. The minimum Gasteiger partial charge on any atom is -0.339 e. The summed E-state index contributed by atoms with van der Waals surface area (Å²) in [6.07, 6.45) is 0. The molecule has 8 heteroatoms. The Morgan fingerprint density at radius 1 is 0.781 bits per heavy atom. The molecule has 0 bridgehead atoms. The van der Waals surface area contributed by atoms with Crippen molar-refractivity contribution in [3.05, 3.63) is 90.0 Å². The van der Waals surface area contributed by atoms with Crippen molar-refractivity contribution in [2.75, 3.05) is 23.1 Å². The largest absolute Gasteiger partial charge is 0.339 e. The maximum Gasteiger partial charge on any atom is 0.261 e. The lowest BCUT2D eigenvalue weighted by molar-refractivity contribution is 0.0772. The molecule has 0 saturated carbocycles. The highest BCUT2D eigenvalue weighted by molar-refractivity contribution is 7.92. The van der Waals surface area contributed by atoms with Crippen molar-refractivity contribution in [1.82, 2.24) is 4.90 Å². The Labute approximate surface area is 188 Å². The van der Waals surface area contributed by atoms with E-state index in [0.717, 1.165) is 0 Å². The summed E-state index contributed by atoms with van der Waals surface area (Å²) in [7, 11) is -3.77. The number of hydrogen-bond donors (Lipinski definition) is 2. The van der Waals surface area contributed by atoms with Crippen LogP contribution in [0.5, 0.6) is 0 Å². The zero-order valence-corrected chi connectivity index (χ0v) is 18.7. The number of rotatable bonds is 8. The molecule has 0 atom stereocenters. The lowest BCUT2D eigenvalue weighted by Gasteiger charge is -2.19. The molecule has 7 nitrogen and oxygen atoms in total. The predicted molar refractivity (Wildman–Crippen MR) is 125 cm³/mol. The normalized spacial score (nSPS) is 10.9. The van der Waals surface area contributed by atoms with Crippen molar-refractivity contribution in [3.8, 4) is 0 Å². The fraction of sp³-hybridized carbons (Fsp3) is 0.167. The summed E-state index contributed by atoms with van der Waals surface area (Å²) < 4.78 is 27.5. The Balaban J connectivity index is 1.76. The van der Waals surface area contributed by atoms with Gasteiger partial charge >= 0.3 is 0 Å². The van der Waals surface area contributed by atoms with Gasteiger partial charge in [-0.1, -0.05) is 30.3 Å². The molecular formula is C24H25N3O4S. The van der Waals surface area contributed by atoms with Gasteiger partial charge in [-0.3, -0.25) is 14.3 Å². The van der Waals surface area contributed by atoms with Crippen molar-refractivity contribution in [2.45, 2.75) is 18.7 Å². The minimum atomic E-state index is -3.77. The Hall–Kier alpha value is -3.65. The molecule has 0 aliphatic heterocycles. The van der Waals surface area contributed by atoms with Gasteiger partial charge in [0, 0.05) is 35.6 Å². The van der Waals surface area contributed by atoms with E-state index in [1.54, 1.807) is 65.6 Å². The van der Waals surface area contributed by atoms with Gasteiger partial charge in [-0.15, -0.1) is 0 Å². The number of carbonyl (C=O) groups is 2. The molecule has 3 aromatic rings. The Bertz CT molecular complexity index is 1210. The first-order chi connectivity index (χ1) is 15.3. The molecule has 0 radical (unpaired) electrons. The monoisotopic (exact) mass is 451 g/mol. The van der Waals surface area contributed by atoms with Crippen LogP contribution < -0.4 is 10.0 Å². The molecule has 32 heavy (non-hydrogen) atoms. The molecule has 0 aromatic heterocycles. The minimum absolute atomic E-state index is 0.108. The summed E-state index contributed by atoms with van der Waals surface area (Å²) in [5.41, 5.74) is 1.50. The second-order valence-corrected chi connectivity index (χ2v) is 8.69. The zero-order chi connectivity index (χ0) is 23.1. The molecule has 2 amide bonds. The van der Waals surface area contributed by atoms with Crippen LogP contribution in [0.15, 0.2) is 83.8 Å². The summed E-state index contributed by atoms with van der Waals surface area (Å²) in [5, 5.41) is 2.76. The standard InChI is InChI=1S/C24H25N3O4S/c1-3-27(4-2)24(29)19-11-9-12-20(17-19)25-23(28)18-10-8-13-21(16-18)26-32(30,31)22-14-6-5-7-15-22/h5-17,26H,3-4H2,1-2H3,(H,25,28). The van der Waals surface area contributed by atoms with Gasteiger partial charge in [0.15, 0.2) is 0 Å². The van der Waals surface area contributed by atoms with E-state index in [4.69, 9.17) is 0 Å². The second kappa shape index (κ2) is 10.1. The van der Waals surface area contributed by atoms with Gasteiger partial charge < -0.3 is 10.2 Å². The molecule has 0 saturated heterocycles. The molecule has 0 aliphatic carbocycles. The molecule has 0 fully saturated rings. The fourth-order valence-corrected chi connectivity index (χ4v) is 4.23. The summed E-state index contributed by atoms with van der Waals surface area (Å²) in [6, 6.07) is 20.9. The predicted octanol–water partition coefficient (Wildman–Crippen LogP) is 4.22. The topological polar surface area (TPSA) is 95.6 Å². The summed E-state index contributed by atoms with van der Waals surface area (Å²) >= 11 is 0. The maximum atomic E-state index is 12.7. The summed E-state index contributed by atoms with van der Waals surface area (Å²) in [6.45, 7) is 5.01. The maximum absolute atomic E-state index is 12.7. The molecule has 3 aromatic carbocycles. The third-order valence-corrected chi connectivity index (χ3v) is 6.25. The fourth-order valence-electron chi connectivity index (χ4n) is 3.16. The highest BCUT2D eigenvalue weighted by atomic mass is 32.2. The van der Waals surface area contributed by atoms with Crippen LogP contribution in [-0.4, -0.2) is 38.2 Å². The van der Waals surface area contributed by atoms with E-state index in [1.165, 1.54) is 18.2 Å². The SMILES string of the molecule is CCN(CC)C(=O)c1cccc(NC(=O)c2cccc(NS(=O)(=O)c3ccccc3)c2)c1. The average molecular weight is 452 g/mol. The Kier molecular flexibility index (Phi) is 7.27. The summed E-state index contributed by atoms with van der Waals surface area (Å²) in [5.74, 6) is -0.526. The van der Waals surface area contributed by atoms with E-state index in [9.17, 15) is 18.0 Å². The number of anilines is 2. The van der Waals surface area contributed by atoms with E-state index >= 15 is 0 Å². The van der Waals surface area contributed by atoms with Crippen LogP contribution in [0.4, 0.5) is 11.4 Å². The highest BCUT2D eigenvalue weighted by Crippen LogP contribution is 2.19. The Morgan fingerprint density at radius 3 is 2.03 bits per heavy atom. The lowest BCUT2D eigenvalue weighted by Crippen LogP contribution is -2.30. The first kappa shape index (κ1) is 23.0. The second-order valence-electron chi connectivity index (χ2n) is 7.01. The quantitative estimate of drug-likeness (QED) is 0.536. The van der Waals surface area contributed by atoms with Gasteiger partial charge in [0.1, 0.15) is 0 Å². The van der Waals surface area contributed by atoms with Crippen LogP contribution in [0.25, 0.3) is 0 Å². The van der Waals surface area contributed by atoms with Gasteiger partial charge in [-0.05, 0) is 62.4 Å². The van der Waals surface area contributed by atoms with E-state index in [1.807, 2.05) is 13.8 Å². The van der Waals surface area contributed by atoms with Crippen molar-refractivity contribution >= 4 is 33.2 Å². The van der Waals surface area contributed by atoms with Crippen LogP contribution >= 0.6 is 0 Å².